The Morgan fingerprint density at radius 2 is 2.00 bits per heavy atom. The molecule has 170 valence electrons. The lowest BCUT2D eigenvalue weighted by atomic mass is 9.89. The molecule has 2 N–H and O–H groups in total. The third kappa shape index (κ3) is 4.68. The average Bonchev–Trinajstić information content (AvgIpc) is 3.67. The van der Waals surface area contributed by atoms with E-state index in [4.69, 9.17) is 15.7 Å². The van der Waals surface area contributed by atoms with Gasteiger partial charge < -0.3 is 9.74 Å². The summed E-state index contributed by atoms with van der Waals surface area (Å²) in [4.78, 5) is 17.2. The maximum atomic E-state index is 8.40. The number of halogens is 1. The van der Waals surface area contributed by atoms with Crippen LogP contribution >= 0.6 is 15.9 Å². The van der Waals surface area contributed by atoms with E-state index in [-0.39, 0.29) is 11.4 Å². The summed E-state index contributed by atoms with van der Waals surface area (Å²) in [6, 6.07) is 11.4. The zero-order valence-corrected chi connectivity index (χ0v) is 19.8. The second-order valence-corrected chi connectivity index (χ2v) is 9.42. The van der Waals surface area contributed by atoms with Gasteiger partial charge in [0, 0.05) is 31.3 Å². The summed E-state index contributed by atoms with van der Waals surface area (Å²) in [6.45, 7) is 2.32. The van der Waals surface area contributed by atoms with E-state index in [1.165, 1.54) is 17.4 Å². The van der Waals surface area contributed by atoms with Crippen LogP contribution in [0.5, 0.6) is 0 Å². The number of piperidine rings is 1. The first-order chi connectivity index (χ1) is 16.1. The Bertz CT molecular complexity index is 1240. The molecule has 0 unspecified atom stereocenters. The third-order valence-corrected chi connectivity index (χ3v) is 6.77. The van der Waals surface area contributed by atoms with Crippen molar-refractivity contribution in [1.29, 1.82) is 10.8 Å². The molecule has 1 aliphatic carbocycles. The largest absolute Gasteiger partial charge is 0.395 e. The molecular weight excluding hydrogens is 482 g/mol. The lowest BCUT2D eigenvalue weighted by molar-refractivity contribution is 0.132. The number of fused-ring (bicyclic) bond motifs is 1. The molecule has 3 aromatic heterocycles. The molecule has 0 atom stereocenters. The lowest BCUT2D eigenvalue weighted by Gasteiger charge is -2.34. The molecule has 4 heterocycles. The molecule has 3 aromatic rings. The van der Waals surface area contributed by atoms with Crippen molar-refractivity contribution in [2.24, 2.45) is 17.0 Å². The van der Waals surface area contributed by atoms with Crippen molar-refractivity contribution in [3.05, 3.63) is 58.4 Å². The van der Waals surface area contributed by atoms with Crippen LogP contribution < -0.4 is 10.4 Å². The fourth-order valence-electron chi connectivity index (χ4n) is 4.32. The smallest absolute Gasteiger partial charge is 0.132 e. The summed E-state index contributed by atoms with van der Waals surface area (Å²) < 4.78 is 2.27. The molecule has 1 saturated carbocycles. The van der Waals surface area contributed by atoms with E-state index in [2.05, 4.69) is 36.0 Å². The van der Waals surface area contributed by atoms with Crippen molar-refractivity contribution in [3.8, 4) is 0 Å². The maximum Gasteiger partial charge on any atom is 0.132 e. The standard InChI is InChI=1S/C24H26BrN7O/c25-21-7-6-19-24(29-21)20(13-22(27)32(19)15-26)31-11-8-17(9-12-31)23(18-3-1-2-10-28-18)30-33-14-16-4-5-16/h1-3,6-7,10,13,15-17,26-27H,4-5,8-9,11-12,14H2/b26-15?,27-22?,30-23-. The second-order valence-electron chi connectivity index (χ2n) is 8.61. The quantitative estimate of drug-likeness (QED) is 0.216. The molecule has 0 amide bonds. The molecule has 33 heavy (non-hydrogen) atoms. The van der Waals surface area contributed by atoms with Gasteiger partial charge in [-0.05, 0) is 71.8 Å². The predicted octanol–water partition coefficient (Wildman–Crippen LogP) is 4.18. The number of pyridine rings is 3. The van der Waals surface area contributed by atoms with Crippen molar-refractivity contribution in [1.82, 2.24) is 14.5 Å². The van der Waals surface area contributed by atoms with Crippen LogP contribution in [0.3, 0.4) is 0 Å². The predicted molar refractivity (Wildman–Crippen MR) is 132 cm³/mol. The Labute approximate surface area is 200 Å². The highest BCUT2D eigenvalue weighted by atomic mass is 79.9. The Morgan fingerprint density at radius 1 is 1.18 bits per heavy atom. The van der Waals surface area contributed by atoms with Gasteiger partial charge in [-0.1, -0.05) is 11.2 Å². The van der Waals surface area contributed by atoms with Crippen LogP contribution in [0.4, 0.5) is 5.69 Å². The molecule has 0 bridgehead atoms. The summed E-state index contributed by atoms with van der Waals surface area (Å²) in [5.74, 6) is 0.911. The minimum Gasteiger partial charge on any atom is -0.395 e. The van der Waals surface area contributed by atoms with Crippen LogP contribution in [0.1, 0.15) is 31.4 Å². The summed E-state index contributed by atoms with van der Waals surface area (Å²) in [5, 5.41) is 20.7. The number of hydrogen-bond donors (Lipinski definition) is 2. The summed E-state index contributed by atoms with van der Waals surface area (Å²) >= 11 is 3.47. The third-order valence-electron chi connectivity index (χ3n) is 6.32. The monoisotopic (exact) mass is 507 g/mol. The van der Waals surface area contributed by atoms with Crippen LogP contribution in [0.25, 0.3) is 11.0 Å². The zero-order valence-electron chi connectivity index (χ0n) is 18.2. The van der Waals surface area contributed by atoms with E-state index in [1.54, 1.807) is 12.3 Å². The van der Waals surface area contributed by atoms with Crippen LogP contribution in [-0.2, 0) is 4.84 Å². The fraction of sp³-hybridized carbons (Fsp3) is 0.375. The first kappa shape index (κ1) is 21.8. The van der Waals surface area contributed by atoms with Crippen molar-refractivity contribution in [2.75, 3.05) is 24.6 Å². The van der Waals surface area contributed by atoms with Gasteiger partial charge in [0.25, 0.3) is 0 Å². The lowest BCUT2D eigenvalue weighted by Crippen LogP contribution is -2.38. The van der Waals surface area contributed by atoms with Gasteiger partial charge in [-0.2, -0.15) is 0 Å². The molecule has 2 aliphatic rings. The maximum absolute atomic E-state index is 8.40. The van der Waals surface area contributed by atoms with Gasteiger partial charge in [-0.3, -0.25) is 20.4 Å². The highest BCUT2D eigenvalue weighted by Gasteiger charge is 2.28. The topological polar surface area (TPSA) is 103 Å². The first-order valence-electron chi connectivity index (χ1n) is 11.3. The number of hydrogen-bond acceptors (Lipinski definition) is 7. The molecule has 1 saturated heterocycles. The Morgan fingerprint density at radius 3 is 2.70 bits per heavy atom. The number of anilines is 1. The number of oxime groups is 1. The van der Waals surface area contributed by atoms with E-state index in [1.807, 2.05) is 30.3 Å². The van der Waals surface area contributed by atoms with E-state index in [0.717, 1.165) is 65.0 Å². The molecule has 9 heteroatoms. The van der Waals surface area contributed by atoms with Gasteiger partial charge in [0.05, 0.1) is 23.2 Å². The second kappa shape index (κ2) is 9.43. The van der Waals surface area contributed by atoms with E-state index < -0.39 is 0 Å². The van der Waals surface area contributed by atoms with Crippen LogP contribution in [0, 0.1) is 22.7 Å². The van der Waals surface area contributed by atoms with Crippen LogP contribution in [0.2, 0.25) is 0 Å². The number of rotatable bonds is 7. The minimum absolute atomic E-state index is 0.256. The highest BCUT2D eigenvalue weighted by Crippen LogP contribution is 2.31. The molecule has 2 fully saturated rings. The molecule has 1 aliphatic heterocycles. The Balaban J connectivity index is 1.40. The number of nitrogens with one attached hydrogen (secondary N) is 2. The summed E-state index contributed by atoms with van der Waals surface area (Å²) in [6.07, 6.45) is 7.24. The molecule has 0 spiro atoms. The molecule has 0 radical (unpaired) electrons. The van der Waals surface area contributed by atoms with Crippen molar-refractivity contribution in [3.63, 3.8) is 0 Å². The van der Waals surface area contributed by atoms with Crippen molar-refractivity contribution >= 4 is 44.7 Å². The van der Waals surface area contributed by atoms with Gasteiger partial charge in [0.15, 0.2) is 0 Å². The van der Waals surface area contributed by atoms with Crippen molar-refractivity contribution < 1.29 is 4.84 Å². The molecular formula is C24H26BrN7O. The first-order valence-corrected chi connectivity index (χ1v) is 12.1. The zero-order chi connectivity index (χ0) is 22.8. The van der Waals surface area contributed by atoms with Crippen LogP contribution in [0.15, 0.2) is 52.4 Å². The van der Waals surface area contributed by atoms with Gasteiger partial charge in [0.2, 0.25) is 0 Å². The number of aromatic nitrogens is 3. The van der Waals surface area contributed by atoms with Gasteiger partial charge in [-0.15, -0.1) is 0 Å². The summed E-state index contributed by atoms with van der Waals surface area (Å²) in [5.41, 5.74) is 4.54. The Kier molecular flexibility index (Phi) is 6.22. The Hall–Kier alpha value is -3.07. The molecule has 5 rings (SSSR count). The average molecular weight is 508 g/mol. The molecule has 0 aromatic carbocycles. The van der Waals surface area contributed by atoms with Gasteiger partial charge in [0.1, 0.15) is 27.9 Å². The fourth-order valence-corrected chi connectivity index (χ4v) is 4.63. The van der Waals surface area contributed by atoms with Crippen molar-refractivity contribution in [2.45, 2.75) is 25.7 Å². The van der Waals surface area contributed by atoms with E-state index in [9.17, 15) is 0 Å². The van der Waals surface area contributed by atoms with E-state index in [0.29, 0.717) is 12.5 Å². The van der Waals surface area contributed by atoms with Crippen LogP contribution in [-0.4, -0.2) is 46.3 Å². The molecule has 8 nitrogen and oxygen atoms in total. The van der Waals surface area contributed by atoms with Gasteiger partial charge >= 0.3 is 0 Å². The normalized spacial score (nSPS) is 17.4. The number of nitrogens with zero attached hydrogens (tertiary/aromatic N) is 5. The van der Waals surface area contributed by atoms with Gasteiger partial charge in [-0.25, -0.2) is 4.98 Å². The van der Waals surface area contributed by atoms with E-state index >= 15 is 0 Å². The minimum atomic E-state index is 0.256. The SMILES string of the molecule is N=Cn1c(=N)cc(N2CCC(/C(=N/OCC3CC3)c3ccccn3)CC2)c2nc(Br)ccc21. The highest BCUT2D eigenvalue weighted by molar-refractivity contribution is 9.10. The summed E-state index contributed by atoms with van der Waals surface area (Å²) in [7, 11) is 0.